The van der Waals surface area contributed by atoms with Crippen LogP contribution in [0.4, 0.5) is 10.5 Å². The molecule has 1 aromatic carbocycles. The van der Waals surface area contributed by atoms with Crippen molar-refractivity contribution in [3.05, 3.63) is 29.3 Å². The zero-order valence-corrected chi connectivity index (χ0v) is 14.0. The molecule has 2 amide bonds. The van der Waals surface area contributed by atoms with Gasteiger partial charge in [0.25, 0.3) is 0 Å². The van der Waals surface area contributed by atoms with E-state index >= 15 is 0 Å². The standard InChI is InChI=1S/C17H25N3O.ClH/c1-20(16-5-3-2-4-6-16)17(21)19-15-8-7-14-12-18-10-9-13(14)11-15;/h7-8,11,16,18H,2-6,9-10,12H2,1H3,(H,19,21);1H. The molecule has 1 fully saturated rings. The van der Waals surface area contributed by atoms with Crippen molar-refractivity contribution in [1.29, 1.82) is 0 Å². The third-order valence-corrected chi connectivity index (χ3v) is 4.79. The van der Waals surface area contributed by atoms with Crippen molar-refractivity contribution in [2.75, 3.05) is 18.9 Å². The molecule has 3 rings (SSSR count). The van der Waals surface area contributed by atoms with Crippen molar-refractivity contribution in [2.24, 2.45) is 0 Å². The average Bonchev–Trinajstić information content (AvgIpc) is 2.55. The average molecular weight is 324 g/mol. The molecule has 1 aromatic rings. The minimum Gasteiger partial charge on any atom is -0.325 e. The molecule has 0 bridgehead atoms. The van der Waals surface area contributed by atoms with E-state index in [0.29, 0.717) is 6.04 Å². The van der Waals surface area contributed by atoms with Crippen molar-refractivity contribution >= 4 is 24.1 Å². The van der Waals surface area contributed by atoms with Crippen molar-refractivity contribution in [1.82, 2.24) is 10.2 Å². The topological polar surface area (TPSA) is 44.4 Å². The third kappa shape index (κ3) is 3.93. The lowest BCUT2D eigenvalue weighted by Crippen LogP contribution is -2.40. The molecule has 1 aliphatic carbocycles. The molecule has 1 aliphatic heterocycles. The van der Waals surface area contributed by atoms with Crippen LogP contribution in [0.2, 0.25) is 0 Å². The molecule has 4 nitrogen and oxygen atoms in total. The lowest BCUT2D eigenvalue weighted by Gasteiger charge is -2.31. The first-order valence-electron chi connectivity index (χ1n) is 8.10. The van der Waals surface area contributed by atoms with Gasteiger partial charge in [0.15, 0.2) is 0 Å². The fraction of sp³-hybridized carbons (Fsp3) is 0.588. The highest BCUT2D eigenvalue weighted by Crippen LogP contribution is 2.23. The summed E-state index contributed by atoms with van der Waals surface area (Å²) in [7, 11) is 1.92. The number of amides is 2. The molecule has 1 saturated carbocycles. The molecule has 2 N–H and O–H groups in total. The smallest absolute Gasteiger partial charge is 0.321 e. The molecule has 0 unspecified atom stereocenters. The molecule has 0 radical (unpaired) electrons. The van der Waals surface area contributed by atoms with Gasteiger partial charge < -0.3 is 15.5 Å². The number of carbonyl (C=O) groups is 1. The molecule has 2 aliphatic rings. The zero-order chi connectivity index (χ0) is 14.7. The van der Waals surface area contributed by atoms with Crippen LogP contribution in [-0.2, 0) is 13.0 Å². The van der Waals surface area contributed by atoms with Gasteiger partial charge in [-0.2, -0.15) is 0 Å². The quantitative estimate of drug-likeness (QED) is 0.874. The highest BCUT2D eigenvalue weighted by atomic mass is 35.5. The number of anilines is 1. The van der Waals surface area contributed by atoms with E-state index < -0.39 is 0 Å². The van der Waals surface area contributed by atoms with Crippen LogP contribution in [0.25, 0.3) is 0 Å². The van der Waals surface area contributed by atoms with Crippen molar-refractivity contribution < 1.29 is 4.79 Å². The van der Waals surface area contributed by atoms with E-state index in [2.05, 4.69) is 22.8 Å². The first kappa shape index (κ1) is 17.1. The minimum absolute atomic E-state index is 0. The highest BCUT2D eigenvalue weighted by Gasteiger charge is 2.22. The molecule has 1 heterocycles. The number of rotatable bonds is 2. The predicted molar refractivity (Wildman–Crippen MR) is 92.8 cm³/mol. The van der Waals surface area contributed by atoms with Gasteiger partial charge in [0, 0.05) is 25.3 Å². The summed E-state index contributed by atoms with van der Waals surface area (Å²) in [4.78, 5) is 14.3. The van der Waals surface area contributed by atoms with Crippen LogP contribution in [0.5, 0.6) is 0 Å². The van der Waals surface area contributed by atoms with Crippen LogP contribution in [-0.4, -0.2) is 30.6 Å². The Labute approximate surface area is 139 Å². The van der Waals surface area contributed by atoms with Gasteiger partial charge >= 0.3 is 6.03 Å². The summed E-state index contributed by atoms with van der Waals surface area (Å²) >= 11 is 0. The maximum atomic E-state index is 12.4. The van der Waals surface area contributed by atoms with Crippen LogP contribution in [0.3, 0.4) is 0 Å². The Morgan fingerprint density at radius 1 is 1.23 bits per heavy atom. The fourth-order valence-electron chi connectivity index (χ4n) is 3.40. The molecular formula is C17H26ClN3O. The Morgan fingerprint density at radius 3 is 2.77 bits per heavy atom. The van der Waals surface area contributed by atoms with E-state index in [1.54, 1.807) is 0 Å². The number of halogens is 1. The normalized spacial score (nSPS) is 18.0. The summed E-state index contributed by atoms with van der Waals surface area (Å²) in [5.41, 5.74) is 3.62. The van der Waals surface area contributed by atoms with E-state index in [4.69, 9.17) is 0 Å². The lowest BCUT2D eigenvalue weighted by atomic mass is 9.95. The van der Waals surface area contributed by atoms with Crippen molar-refractivity contribution in [3.63, 3.8) is 0 Å². The Hall–Kier alpha value is -1.26. The van der Waals surface area contributed by atoms with Crippen LogP contribution < -0.4 is 10.6 Å². The zero-order valence-electron chi connectivity index (χ0n) is 13.2. The summed E-state index contributed by atoms with van der Waals surface area (Å²) in [5, 5.41) is 6.42. The van der Waals surface area contributed by atoms with Gasteiger partial charge in [-0.25, -0.2) is 4.79 Å². The van der Waals surface area contributed by atoms with Gasteiger partial charge in [-0.3, -0.25) is 0 Å². The first-order chi connectivity index (χ1) is 10.2. The van der Waals surface area contributed by atoms with Crippen LogP contribution in [0, 0.1) is 0 Å². The fourth-order valence-corrected chi connectivity index (χ4v) is 3.40. The Kier molecular flexibility index (Phi) is 6.09. The summed E-state index contributed by atoms with van der Waals surface area (Å²) in [6.45, 7) is 1.96. The van der Waals surface area contributed by atoms with Crippen molar-refractivity contribution in [2.45, 2.75) is 51.1 Å². The maximum Gasteiger partial charge on any atom is 0.321 e. The van der Waals surface area contributed by atoms with Crippen LogP contribution >= 0.6 is 12.4 Å². The second kappa shape index (κ2) is 7.84. The van der Waals surface area contributed by atoms with E-state index in [1.807, 2.05) is 18.0 Å². The molecule has 0 aromatic heterocycles. The molecule has 22 heavy (non-hydrogen) atoms. The number of carbonyl (C=O) groups excluding carboxylic acids is 1. The SMILES string of the molecule is CN(C(=O)Nc1ccc2c(c1)CCNC2)C1CCCCC1.Cl. The first-order valence-corrected chi connectivity index (χ1v) is 8.10. The number of hydrogen-bond acceptors (Lipinski definition) is 2. The molecule has 0 saturated heterocycles. The molecule has 0 spiro atoms. The lowest BCUT2D eigenvalue weighted by molar-refractivity contribution is 0.186. The summed E-state index contributed by atoms with van der Waals surface area (Å²) < 4.78 is 0. The van der Waals surface area contributed by atoms with Gasteiger partial charge in [-0.05, 0) is 49.1 Å². The van der Waals surface area contributed by atoms with E-state index in [0.717, 1.165) is 38.0 Å². The van der Waals surface area contributed by atoms with Gasteiger partial charge in [-0.1, -0.05) is 25.3 Å². The Balaban J connectivity index is 0.00000176. The van der Waals surface area contributed by atoms with Crippen molar-refractivity contribution in [3.8, 4) is 0 Å². The van der Waals surface area contributed by atoms with Gasteiger partial charge in [0.1, 0.15) is 0 Å². The van der Waals surface area contributed by atoms with Gasteiger partial charge in [-0.15, -0.1) is 12.4 Å². The largest absolute Gasteiger partial charge is 0.325 e. The second-order valence-electron chi connectivity index (χ2n) is 6.24. The highest BCUT2D eigenvalue weighted by molar-refractivity contribution is 5.89. The van der Waals surface area contributed by atoms with Gasteiger partial charge in [0.05, 0.1) is 0 Å². The number of urea groups is 1. The molecule has 0 atom stereocenters. The van der Waals surface area contributed by atoms with Crippen LogP contribution in [0.15, 0.2) is 18.2 Å². The minimum atomic E-state index is 0. The number of nitrogens with one attached hydrogen (secondary N) is 2. The summed E-state index contributed by atoms with van der Waals surface area (Å²) in [6.07, 6.45) is 7.12. The predicted octanol–water partition coefficient (Wildman–Crippen LogP) is 3.55. The van der Waals surface area contributed by atoms with E-state index in [9.17, 15) is 4.79 Å². The summed E-state index contributed by atoms with van der Waals surface area (Å²) in [5.74, 6) is 0. The number of benzene rings is 1. The maximum absolute atomic E-state index is 12.4. The second-order valence-corrected chi connectivity index (χ2v) is 6.24. The Bertz CT molecular complexity index is 515. The summed E-state index contributed by atoms with van der Waals surface area (Å²) in [6, 6.07) is 6.69. The van der Waals surface area contributed by atoms with E-state index in [-0.39, 0.29) is 18.4 Å². The molecular weight excluding hydrogens is 298 g/mol. The monoisotopic (exact) mass is 323 g/mol. The van der Waals surface area contributed by atoms with Crippen LogP contribution in [0.1, 0.15) is 43.2 Å². The molecule has 5 heteroatoms. The number of fused-ring (bicyclic) bond motifs is 1. The van der Waals surface area contributed by atoms with E-state index in [1.165, 1.54) is 30.4 Å². The number of nitrogens with zero attached hydrogens (tertiary/aromatic N) is 1. The third-order valence-electron chi connectivity index (χ3n) is 4.79. The Morgan fingerprint density at radius 2 is 2.00 bits per heavy atom. The van der Waals surface area contributed by atoms with Gasteiger partial charge in [0.2, 0.25) is 0 Å². The molecule has 122 valence electrons. The number of hydrogen-bond donors (Lipinski definition) is 2.